The topological polar surface area (TPSA) is 60.5 Å². The number of methoxy groups -OCH3 is 1. The summed E-state index contributed by atoms with van der Waals surface area (Å²) in [6.07, 6.45) is -3.85. The highest BCUT2D eigenvalue weighted by Gasteiger charge is 2.28. The number of aromatic nitrogens is 1. The number of carbonyl (C=O) groups is 1. The molecule has 0 spiro atoms. The summed E-state index contributed by atoms with van der Waals surface area (Å²) < 4.78 is 44.9. The number of pyridine rings is 1. The van der Waals surface area contributed by atoms with E-state index in [4.69, 9.17) is 4.74 Å². The van der Waals surface area contributed by atoms with Gasteiger partial charge in [0, 0.05) is 13.2 Å². The second-order valence-electron chi connectivity index (χ2n) is 3.66. The van der Waals surface area contributed by atoms with E-state index in [0.29, 0.717) is 5.69 Å². The highest BCUT2D eigenvalue weighted by molar-refractivity contribution is 5.93. The molecule has 8 heteroatoms. The number of nitrogens with one attached hydrogen (secondary N) is 1. The van der Waals surface area contributed by atoms with Crippen molar-refractivity contribution >= 4 is 11.6 Å². The second kappa shape index (κ2) is 6.37. The van der Waals surface area contributed by atoms with Gasteiger partial charge in [0.05, 0.1) is 11.9 Å². The number of halogens is 3. The summed E-state index contributed by atoms with van der Waals surface area (Å²) in [5.41, 5.74) is 0.341. The van der Waals surface area contributed by atoms with Crippen LogP contribution in [-0.2, 0) is 9.53 Å². The van der Waals surface area contributed by atoms with E-state index in [1.54, 1.807) is 6.92 Å². The van der Waals surface area contributed by atoms with Crippen LogP contribution >= 0.6 is 0 Å². The zero-order valence-corrected chi connectivity index (χ0v) is 10.3. The van der Waals surface area contributed by atoms with E-state index in [1.807, 2.05) is 0 Å². The van der Waals surface area contributed by atoms with Crippen molar-refractivity contribution in [1.29, 1.82) is 0 Å². The van der Waals surface area contributed by atoms with Crippen molar-refractivity contribution < 1.29 is 27.4 Å². The molecule has 1 aromatic heterocycles. The first kappa shape index (κ1) is 15.2. The van der Waals surface area contributed by atoms with E-state index < -0.39 is 18.9 Å². The van der Waals surface area contributed by atoms with Crippen molar-refractivity contribution in [2.75, 3.05) is 19.0 Å². The molecular formula is C11H13F3N2O3. The minimum atomic E-state index is -4.41. The fraction of sp³-hybridized carbons (Fsp3) is 0.455. The molecule has 1 rings (SSSR count). The van der Waals surface area contributed by atoms with Crippen molar-refractivity contribution in [3.63, 3.8) is 0 Å². The smallest absolute Gasteiger partial charge is 0.422 e. The molecule has 0 aliphatic heterocycles. The average molecular weight is 278 g/mol. The van der Waals surface area contributed by atoms with Crippen LogP contribution in [0.2, 0.25) is 0 Å². The molecule has 0 fully saturated rings. The molecule has 1 aromatic rings. The fourth-order valence-corrected chi connectivity index (χ4v) is 1.05. The Balaban J connectivity index is 2.54. The molecule has 1 amide bonds. The van der Waals surface area contributed by atoms with E-state index in [-0.39, 0.29) is 11.8 Å². The van der Waals surface area contributed by atoms with Crippen LogP contribution in [-0.4, -0.2) is 36.9 Å². The summed E-state index contributed by atoms with van der Waals surface area (Å²) in [5.74, 6) is -0.552. The first-order valence-electron chi connectivity index (χ1n) is 5.31. The van der Waals surface area contributed by atoms with Crippen molar-refractivity contribution in [3.05, 3.63) is 18.3 Å². The molecular weight excluding hydrogens is 265 g/mol. The van der Waals surface area contributed by atoms with Gasteiger partial charge >= 0.3 is 6.18 Å². The molecule has 0 aromatic carbocycles. The predicted molar refractivity (Wildman–Crippen MR) is 60.9 cm³/mol. The maximum absolute atomic E-state index is 11.9. The minimum absolute atomic E-state index is 0.171. The lowest BCUT2D eigenvalue weighted by Crippen LogP contribution is -2.26. The number of nitrogens with zero attached hydrogens (tertiary/aromatic N) is 1. The van der Waals surface area contributed by atoms with Crippen LogP contribution in [0.5, 0.6) is 5.88 Å². The molecule has 0 aliphatic rings. The summed E-state index contributed by atoms with van der Waals surface area (Å²) in [5, 5.41) is 2.49. The number of hydrogen-bond acceptors (Lipinski definition) is 4. The Morgan fingerprint density at radius 2 is 2.16 bits per heavy atom. The number of anilines is 1. The molecule has 1 N–H and O–H groups in total. The molecule has 1 atom stereocenters. The lowest BCUT2D eigenvalue weighted by Gasteiger charge is -2.11. The molecule has 0 bridgehead atoms. The summed E-state index contributed by atoms with van der Waals surface area (Å²) in [4.78, 5) is 15.1. The van der Waals surface area contributed by atoms with Gasteiger partial charge in [0.1, 0.15) is 6.10 Å². The third kappa shape index (κ3) is 5.56. The Labute approximate surface area is 107 Å². The number of ether oxygens (including phenoxy) is 2. The molecule has 0 saturated carbocycles. The minimum Gasteiger partial charge on any atom is -0.468 e. The first-order chi connectivity index (χ1) is 8.81. The van der Waals surface area contributed by atoms with Gasteiger partial charge in [-0.15, -0.1) is 0 Å². The molecule has 0 radical (unpaired) electrons. The zero-order chi connectivity index (χ0) is 14.5. The number of carbonyl (C=O) groups excluding carboxylic acids is 1. The van der Waals surface area contributed by atoms with Crippen LogP contribution in [0.15, 0.2) is 18.3 Å². The highest BCUT2D eigenvalue weighted by Crippen LogP contribution is 2.18. The van der Waals surface area contributed by atoms with Crippen molar-refractivity contribution in [1.82, 2.24) is 4.98 Å². The van der Waals surface area contributed by atoms with E-state index >= 15 is 0 Å². The van der Waals surface area contributed by atoms with E-state index in [9.17, 15) is 18.0 Å². The van der Waals surface area contributed by atoms with E-state index in [1.165, 1.54) is 25.4 Å². The number of rotatable bonds is 5. The standard InChI is InChI=1S/C11H13F3N2O3/c1-7(18-2)10(17)16-8-3-4-9(15-5-8)19-6-11(12,13)14/h3-5,7H,6H2,1-2H3,(H,16,17). The van der Waals surface area contributed by atoms with Crippen LogP contribution in [0.25, 0.3) is 0 Å². The molecule has 1 heterocycles. The van der Waals surface area contributed by atoms with Gasteiger partial charge in [-0.25, -0.2) is 4.98 Å². The van der Waals surface area contributed by atoms with Crippen molar-refractivity contribution in [3.8, 4) is 5.88 Å². The third-order valence-electron chi connectivity index (χ3n) is 2.11. The Morgan fingerprint density at radius 1 is 1.47 bits per heavy atom. The number of alkyl halides is 3. The van der Waals surface area contributed by atoms with Gasteiger partial charge in [0.2, 0.25) is 5.88 Å². The van der Waals surface area contributed by atoms with Crippen LogP contribution < -0.4 is 10.1 Å². The molecule has 19 heavy (non-hydrogen) atoms. The van der Waals surface area contributed by atoms with Crippen LogP contribution in [0, 0.1) is 0 Å². The van der Waals surface area contributed by atoms with Crippen molar-refractivity contribution in [2.24, 2.45) is 0 Å². The Hall–Kier alpha value is -1.83. The molecule has 1 unspecified atom stereocenters. The van der Waals surface area contributed by atoms with Gasteiger partial charge in [-0.05, 0) is 13.0 Å². The van der Waals surface area contributed by atoms with Crippen LogP contribution in [0.4, 0.5) is 18.9 Å². The van der Waals surface area contributed by atoms with E-state index in [0.717, 1.165) is 0 Å². The number of hydrogen-bond donors (Lipinski definition) is 1. The van der Waals surface area contributed by atoms with Crippen LogP contribution in [0.3, 0.4) is 0 Å². The summed E-state index contributed by atoms with van der Waals surface area (Å²) in [7, 11) is 1.39. The summed E-state index contributed by atoms with van der Waals surface area (Å²) in [6, 6.07) is 2.62. The summed E-state index contributed by atoms with van der Waals surface area (Å²) >= 11 is 0. The van der Waals surface area contributed by atoms with Crippen LogP contribution in [0.1, 0.15) is 6.92 Å². The Morgan fingerprint density at radius 3 is 2.63 bits per heavy atom. The fourth-order valence-electron chi connectivity index (χ4n) is 1.05. The normalized spacial score (nSPS) is 12.9. The molecule has 5 nitrogen and oxygen atoms in total. The lowest BCUT2D eigenvalue weighted by molar-refractivity contribution is -0.154. The van der Waals surface area contributed by atoms with Gasteiger partial charge in [0.25, 0.3) is 5.91 Å². The quantitative estimate of drug-likeness (QED) is 0.894. The monoisotopic (exact) mass is 278 g/mol. The highest BCUT2D eigenvalue weighted by atomic mass is 19.4. The average Bonchev–Trinajstić information content (AvgIpc) is 2.36. The van der Waals surface area contributed by atoms with Gasteiger partial charge in [-0.1, -0.05) is 0 Å². The predicted octanol–water partition coefficient (Wildman–Crippen LogP) is 2.00. The maximum Gasteiger partial charge on any atom is 0.422 e. The van der Waals surface area contributed by atoms with E-state index in [2.05, 4.69) is 15.0 Å². The zero-order valence-electron chi connectivity index (χ0n) is 10.3. The van der Waals surface area contributed by atoms with Gasteiger partial charge in [-0.3, -0.25) is 4.79 Å². The lowest BCUT2D eigenvalue weighted by atomic mass is 10.3. The molecule has 0 saturated heterocycles. The van der Waals surface area contributed by atoms with Crippen molar-refractivity contribution in [2.45, 2.75) is 19.2 Å². The molecule has 106 valence electrons. The van der Waals surface area contributed by atoms with Gasteiger partial charge < -0.3 is 14.8 Å². The first-order valence-corrected chi connectivity index (χ1v) is 5.31. The number of amides is 1. The Bertz CT molecular complexity index is 420. The maximum atomic E-state index is 11.9. The second-order valence-corrected chi connectivity index (χ2v) is 3.66. The SMILES string of the molecule is COC(C)C(=O)Nc1ccc(OCC(F)(F)F)nc1. The largest absolute Gasteiger partial charge is 0.468 e. The molecule has 0 aliphatic carbocycles. The van der Waals surface area contributed by atoms with Gasteiger partial charge in [-0.2, -0.15) is 13.2 Å². The van der Waals surface area contributed by atoms with Gasteiger partial charge in [0.15, 0.2) is 6.61 Å². The summed E-state index contributed by atoms with van der Waals surface area (Å²) in [6.45, 7) is 0.149. The third-order valence-corrected chi connectivity index (χ3v) is 2.11. The Kier molecular flexibility index (Phi) is 5.11.